The molecule has 2 aromatic rings. The van der Waals surface area contributed by atoms with E-state index in [0.717, 1.165) is 17.1 Å². The fourth-order valence-corrected chi connectivity index (χ4v) is 3.51. The van der Waals surface area contributed by atoms with Gasteiger partial charge in [-0.3, -0.25) is 0 Å². The molecule has 0 spiro atoms. The molecule has 1 aromatic heterocycles. The number of rotatable bonds is 2. The van der Waals surface area contributed by atoms with E-state index in [1.165, 1.54) is 25.7 Å². The van der Waals surface area contributed by atoms with Gasteiger partial charge in [0, 0.05) is 25.2 Å². The summed E-state index contributed by atoms with van der Waals surface area (Å²) in [5.74, 6) is 0. The minimum Gasteiger partial charge on any atom is -0.423 e. The zero-order chi connectivity index (χ0) is 12.8. The summed E-state index contributed by atoms with van der Waals surface area (Å²) in [6.07, 6.45) is 5.04. The standard InChI is InChI=1S/C15H19N3O/c1-18(12-8-10-6-7-11(9-12)16-10)15-17-13-4-2-3-5-14(13)19-15/h2-5,10-12,16H,6-9H2,1H3. The number of aromatic nitrogens is 1. The maximum atomic E-state index is 5.87. The Hall–Kier alpha value is -1.55. The monoisotopic (exact) mass is 257 g/mol. The molecule has 0 radical (unpaired) electrons. The Morgan fingerprint density at radius 1 is 1.21 bits per heavy atom. The average Bonchev–Trinajstić information content (AvgIpc) is 3.01. The Labute approximate surface area is 112 Å². The van der Waals surface area contributed by atoms with E-state index in [1.807, 2.05) is 24.3 Å². The summed E-state index contributed by atoms with van der Waals surface area (Å²) in [5, 5.41) is 3.68. The molecule has 1 aromatic carbocycles. The molecule has 100 valence electrons. The molecule has 2 fully saturated rings. The van der Waals surface area contributed by atoms with Crippen LogP contribution in [0.4, 0.5) is 6.01 Å². The normalized spacial score (nSPS) is 29.8. The molecule has 1 N–H and O–H groups in total. The number of benzene rings is 1. The summed E-state index contributed by atoms with van der Waals surface area (Å²) in [4.78, 5) is 6.83. The first-order valence-electron chi connectivity index (χ1n) is 7.14. The van der Waals surface area contributed by atoms with Crippen molar-refractivity contribution in [1.82, 2.24) is 10.3 Å². The predicted molar refractivity (Wildman–Crippen MR) is 75.4 cm³/mol. The lowest BCUT2D eigenvalue weighted by Crippen LogP contribution is -2.47. The van der Waals surface area contributed by atoms with E-state index in [0.29, 0.717) is 18.1 Å². The van der Waals surface area contributed by atoms with Gasteiger partial charge < -0.3 is 14.6 Å². The van der Waals surface area contributed by atoms with Crippen LogP contribution in [0.15, 0.2) is 28.7 Å². The average molecular weight is 257 g/mol. The fourth-order valence-electron chi connectivity index (χ4n) is 3.51. The minimum atomic E-state index is 0.548. The number of anilines is 1. The maximum Gasteiger partial charge on any atom is 0.298 e. The Kier molecular flexibility index (Phi) is 2.52. The third-order valence-electron chi connectivity index (χ3n) is 4.58. The van der Waals surface area contributed by atoms with Crippen LogP contribution in [-0.2, 0) is 0 Å². The van der Waals surface area contributed by atoms with E-state index in [1.54, 1.807) is 0 Å². The Morgan fingerprint density at radius 3 is 2.68 bits per heavy atom. The molecule has 4 nitrogen and oxygen atoms in total. The summed E-state index contributed by atoms with van der Waals surface area (Å²) >= 11 is 0. The smallest absolute Gasteiger partial charge is 0.298 e. The van der Waals surface area contributed by atoms with E-state index >= 15 is 0 Å². The largest absolute Gasteiger partial charge is 0.423 e. The first-order chi connectivity index (χ1) is 9.29. The van der Waals surface area contributed by atoms with Gasteiger partial charge in [0.1, 0.15) is 5.52 Å². The molecule has 2 aliphatic rings. The van der Waals surface area contributed by atoms with Gasteiger partial charge in [-0.2, -0.15) is 4.98 Å². The SMILES string of the molecule is CN(c1nc2ccccc2o1)C1CC2CCC(C1)N2. The lowest BCUT2D eigenvalue weighted by Gasteiger charge is -2.34. The van der Waals surface area contributed by atoms with Crippen molar-refractivity contribution in [2.75, 3.05) is 11.9 Å². The summed E-state index contributed by atoms with van der Waals surface area (Å²) in [5.41, 5.74) is 1.82. The van der Waals surface area contributed by atoms with Crippen LogP contribution in [0.1, 0.15) is 25.7 Å². The Balaban J connectivity index is 1.60. The van der Waals surface area contributed by atoms with Gasteiger partial charge in [-0.15, -0.1) is 0 Å². The number of hydrogen-bond acceptors (Lipinski definition) is 4. The lowest BCUT2D eigenvalue weighted by atomic mass is 9.99. The van der Waals surface area contributed by atoms with Crippen LogP contribution in [0.3, 0.4) is 0 Å². The highest BCUT2D eigenvalue weighted by atomic mass is 16.4. The van der Waals surface area contributed by atoms with E-state index in [4.69, 9.17) is 4.42 Å². The van der Waals surface area contributed by atoms with Gasteiger partial charge in [0.05, 0.1) is 0 Å². The molecule has 4 heteroatoms. The third-order valence-corrected chi connectivity index (χ3v) is 4.58. The molecule has 2 aliphatic heterocycles. The highest BCUT2D eigenvalue weighted by molar-refractivity contribution is 5.74. The second-order valence-corrected chi connectivity index (χ2v) is 5.84. The van der Waals surface area contributed by atoms with Gasteiger partial charge in [0.25, 0.3) is 6.01 Å². The number of oxazole rings is 1. The quantitative estimate of drug-likeness (QED) is 0.897. The van der Waals surface area contributed by atoms with Crippen LogP contribution in [-0.4, -0.2) is 30.2 Å². The van der Waals surface area contributed by atoms with Gasteiger partial charge in [-0.05, 0) is 37.8 Å². The molecule has 0 aliphatic carbocycles. The number of piperidine rings is 1. The second kappa shape index (κ2) is 4.23. The van der Waals surface area contributed by atoms with Crippen molar-refractivity contribution in [3.8, 4) is 0 Å². The van der Waals surface area contributed by atoms with Crippen LogP contribution < -0.4 is 10.2 Å². The van der Waals surface area contributed by atoms with Crippen molar-refractivity contribution in [2.45, 2.75) is 43.8 Å². The van der Waals surface area contributed by atoms with Crippen molar-refractivity contribution in [1.29, 1.82) is 0 Å². The molecule has 3 heterocycles. The van der Waals surface area contributed by atoms with Gasteiger partial charge in [0.15, 0.2) is 5.58 Å². The van der Waals surface area contributed by atoms with Crippen molar-refractivity contribution in [3.05, 3.63) is 24.3 Å². The molecule has 0 saturated carbocycles. The molecule has 19 heavy (non-hydrogen) atoms. The number of fused-ring (bicyclic) bond motifs is 3. The molecule has 2 atom stereocenters. The molecule has 4 rings (SSSR count). The van der Waals surface area contributed by atoms with Gasteiger partial charge in [-0.25, -0.2) is 0 Å². The topological polar surface area (TPSA) is 41.3 Å². The van der Waals surface area contributed by atoms with Gasteiger partial charge in [-0.1, -0.05) is 12.1 Å². The van der Waals surface area contributed by atoms with Crippen LogP contribution in [0, 0.1) is 0 Å². The molecule has 0 amide bonds. The molecule has 2 unspecified atom stereocenters. The zero-order valence-corrected chi connectivity index (χ0v) is 11.2. The van der Waals surface area contributed by atoms with Crippen LogP contribution in [0.5, 0.6) is 0 Å². The summed E-state index contributed by atoms with van der Waals surface area (Å²) in [6.45, 7) is 0. The summed E-state index contributed by atoms with van der Waals surface area (Å²) in [7, 11) is 2.11. The second-order valence-electron chi connectivity index (χ2n) is 5.84. The van der Waals surface area contributed by atoms with Crippen molar-refractivity contribution < 1.29 is 4.42 Å². The van der Waals surface area contributed by atoms with Crippen molar-refractivity contribution in [2.24, 2.45) is 0 Å². The first kappa shape index (κ1) is 11.3. The molecule has 2 bridgehead atoms. The molecular weight excluding hydrogens is 238 g/mol. The minimum absolute atomic E-state index is 0.548. The molecular formula is C15H19N3O. The van der Waals surface area contributed by atoms with E-state index in [-0.39, 0.29) is 0 Å². The highest BCUT2D eigenvalue weighted by Gasteiger charge is 2.36. The van der Waals surface area contributed by atoms with E-state index in [9.17, 15) is 0 Å². The maximum absolute atomic E-state index is 5.87. The van der Waals surface area contributed by atoms with Crippen LogP contribution >= 0.6 is 0 Å². The highest BCUT2D eigenvalue weighted by Crippen LogP contribution is 2.32. The van der Waals surface area contributed by atoms with Gasteiger partial charge >= 0.3 is 0 Å². The lowest BCUT2D eigenvalue weighted by molar-refractivity contribution is 0.345. The predicted octanol–water partition coefficient (Wildman–Crippen LogP) is 2.55. The van der Waals surface area contributed by atoms with E-state index < -0.39 is 0 Å². The summed E-state index contributed by atoms with van der Waals surface area (Å²) in [6, 6.07) is 10.7. The van der Waals surface area contributed by atoms with Crippen LogP contribution in [0.25, 0.3) is 11.1 Å². The Morgan fingerprint density at radius 2 is 1.95 bits per heavy atom. The third kappa shape index (κ3) is 1.91. The number of nitrogens with one attached hydrogen (secondary N) is 1. The number of nitrogens with zero attached hydrogens (tertiary/aromatic N) is 2. The van der Waals surface area contributed by atoms with Crippen LogP contribution in [0.2, 0.25) is 0 Å². The van der Waals surface area contributed by atoms with Crippen molar-refractivity contribution >= 4 is 17.1 Å². The molecule has 2 saturated heterocycles. The van der Waals surface area contributed by atoms with E-state index in [2.05, 4.69) is 22.2 Å². The van der Waals surface area contributed by atoms with Gasteiger partial charge in [0.2, 0.25) is 0 Å². The Bertz CT molecular complexity index is 549. The fraction of sp³-hybridized carbons (Fsp3) is 0.533. The number of para-hydroxylation sites is 2. The summed E-state index contributed by atoms with van der Waals surface area (Å²) < 4.78 is 5.87. The van der Waals surface area contributed by atoms with Crippen molar-refractivity contribution in [3.63, 3.8) is 0 Å². The first-order valence-corrected chi connectivity index (χ1v) is 7.14. The number of hydrogen-bond donors (Lipinski definition) is 1. The zero-order valence-electron chi connectivity index (χ0n) is 11.2.